The van der Waals surface area contributed by atoms with Crippen LogP contribution in [0.25, 0.3) is 0 Å². The Morgan fingerprint density at radius 3 is 2.19 bits per heavy atom. The van der Waals surface area contributed by atoms with Crippen molar-refractivity contribution in [2.75, 3.05) is 30.8 Å². The Labute approximate surface area is 222 Å². The summed E-state index contributed by atoms with van der Waals surface area (Å²) >= 11 is 0. The van der Waals surface area contributed by atoms with Crippen LogP contribution in [0.3, 0.4) is 0 Å². The van der Waals surface area contributed by atoms with Crippen LogP contribution >= 0.6 is 0 Å². The van der Waals surface area contributed by atoms with Crippen molar-refractivity contribution in [3.05, 3.63) is 59.2 Å². The molecular formula is C28H41N3O5S. The third kappa shape index (κ3) is 9.07. The highest BCUT2D eigenvalue weighted by molar-refractivity contribution is 7.92. The molecule has 2 aromatic carbocycles. The van der Waals surface area contributed by atoms with Crippen LogP contribution in [0.1, 0.15) is 50.3 Å². The molecule has 9 heteroatoms. The van der Waals surface area contributed by atoms with Gasteiger partial charge >= 0.3 is 0 Å². The second-order valence-electron chi connectivity index (χ2n) is 9.89. The summed E-state index contributed by atoms with van der Waals surface area (Å²) in [5.74, 6) is 0.561. The van der Waals surface area contributed by atoms with Crippen LogP contribution in [0.15, 0.2) is 42.5 Å². The van der Waals surface area contributed by atoms with E-state index in [0.29, 0.717) is 24.4 Å². The standard InChI is InChI=1S/C28H41N3O5S/c1-20(2)18-29-28(33)23(5)30(19-24-11-14-26(36-6)15-12-24)27(32)9-8-16-31(37(7,34)35)25-13-10-21(3)22(4)17-25/h10-15,17,20,23H,8-9,16,18-19H2,1-7H3,(H,29,33)/t23-/m1/s1. The van der Waals surface area contributed by atoms with Crippen molar-refractivity contribution >= 4 is 27.5 Å². The Bertz CT molecular complexity index is 1160. The monoisotopic (exact) mass is 531 g/mol. The number of aryl methyl sites for hydroxylation is 2. The lowest BCUT2D eigenvalue weighted by Crippen LogP contribution is -2.48. The molecule has 0 saturated heterocycles. The van der Waals surface area contributed by atoms with Gasteiger partial charge in [-0.15, -0.1) is 0 Å². The normalized spacial score (nSPS) is 12.2. The van der Waals surface area contributed by atoms with Crippen molar-refractivity contribution in [1.29, 1.82) is 0 Å². The minimum absolute atomic E-state index is 0.106. The van der Waals surface area contributed by atoms with E-state index >= 15 is 0 Å². The van der Waals surface area contributed by atoms with Crippen molar-refractivity contribution in [3.8, 4) is 5.75 Å². The van der Waals surface area contributed by atoms with Crippen LogP contribution in [0.4, 0.5) is 5.69 Å². The van der Waals surface area contributed by atoms with Gasteiger partial charge in [-0.2, -0.15) is 0 Å². The minimum Gasteiger partial charge on any atom is -0.497 e. The van der Waals surface area contributed by atoms with E-state index in [1.165, 1.54) is 10.6 Å². The number of ether oxygens (including phenoxy) is 1. The minimum atomic E-state index is -3.53. The van der Waals surface area contributed by atoms with Crippen LogP contribution < -0.4 is 14.4 Å². The van der Waals surface area contributed by atoms with Gasteiger partial charge in [-0.3, -0.25) is 13.9 Å². The fraction of sp³-hybridized carbons (Fsp3) is 0.500. The average molecular weight is 532 g/mol. The third-order valence-electron chi connectivity index (χ3n) is 6.29. The molecule has 2 rings (SSSR count). The Kier molecular flexibility index (Phi) is 11.0. The fourth-order valence-corrected chi connectivity index (χ4v) is 4.80. The van der Waals surface area contributed by atoms with E-state index in [-0.39, 0.29) is 37.2 Å². The third-order valence-corrected chi connectivity index (χ3v) is 7.49. The maximum absolute atomic E-state index is 13.4. The summed E-state index contributed by atoms with van der Waals surface area (Å²) in [4.78, 5) is 27.8. The number of sulfonamides is 1. The summed E-state index contributed by atoms with van der Waals surface area (Å²) in [5, 5.41) is 2.91. The van der Waals surface area contributed by atoms with Crippen molar-refractivity contribution in [3.63, 3.8) is 0 Å². The highest BCUT2D eigenvalue weighted by Crippen LogP contribution is 2.22. The molecule has 2 aromatic rings. The summed E-state index contributed by atoms with van der Waals surface area (Å²) in [7, 11) is -1.95. The predicted molar refractivity (Wildman–Crippen MR) is 148 cm³/mol. The number of methoxy groups -OCH3 is 1. The second-order valence-corrected chi connectivity index (χ2v) is 11.8. The molecule has 37 heavy (non-hydrogen) atoms. The van der Waals surface area contributed by atoms with E-state index in [2.05, 4.69) is 5.32 Å². The number of nitrogens with zero attached hydrogens (tertiary/aromatic N) is 2. The molecular weight excluding hydrogens is 490 g/mol. The lowest BCUT2D eigenvalue weighted by molar-refractivity contribution is -0.140. The van der Waals surface area contributed by atoms with Gasteiger partial charge in [0.05, 0.1) is 19.1 Å². The molecule has 0 aliphatic carbocycles. The number of benzene rings is 2. The van der Waals surface area contributed by atoms with E-state index in [0.717, 1.165) is 16.7 Å². The summed E-state index contributed by atoms with van der Waals surface area (Å²) in [5.41, 5.74) is 3.51. The highest BCUT2D eigenvalue weighted by atomic mass is 32.2. The Hall–Kier alpha value is -3.07. The number of hydrogen-bond acceptors (Lipinski definition) is 5. The second kappa shape index (κ2) is 13.5. The molecule has 0 aromatic heterocycles. The quantitative estimate of drug-likeness (QED) is 0.421. The summed E-state index contributed by atoms with van der Waals surface area (Å²) in [6, 6.07) is 12.2. The van der Waals surface area contributed by atoms with Crippen molar-refractivity contribution < 1.29 is 22.7 Å². The number of nitrogens with one attached hydrogen (secondary N) is 1. The van der Waals surface area contributed by atoms with Gasteiger partial charge in [0.15, 0.2) is 0 Å². The van der Waals surface area contributed by atoms with Crippen LogP contribution in [0.5, 0.6) is 5.75 Å². The van der Waals surface area contributed by atoms with E-state index in [1.807, 2.05) is 64.1 Å². The van der Waals surface area contributed by atoms with Crippen LogP contribution in [-0.4, -0.2) is 57.6 Å². The number of anilines is 1. The van der Waals surface area contributed by atoms with Crippen molar-refractivity contribution in [1.82, 2.24) is 10.2 Å². The molecule has 0 bridgehead atoms. The smallest absolute Gasteiger partial charge is 0.242 e. The van der Waals surface area contributed by atoms with E-state index < -0.39 is 16.1 Å². The predicted octanol–water partition coefficient (Wildman–Crippen LogP) is 4.05. The van der Waals surface area contributed by atoms with Gasteiger partial charge in [0.25, 0.3) is 0 Å². The molecule has 0 unspecified atom stereocenters. The SMILES string of the molecule is COc1ccc(CN(C(=O)CCCN(c2ccc(C)c(C)c2)S(C)(=O)=O)[C@H](C)C(=O)NCC(C)C)cc1. The first kappa shape index (κ1) is 30.2. The summed E-state index contributed by atoms with van der Waals surface area (Å²) in [6.07, 6.45) is 1.59. The molecule has 0 saturated carbocycles. The van der Waals surface area contributed by atoms with Gasteiger partial charge in [-0.25, -0.2) is 8.42 Å². The maximum atomic E-state index is 13.4. The lowest BCUT2D eigenvalue weighted by Gasteiger charge is -2.30. The molecule has 0 radical (unpaired) electrons. The zero-order valence-electron chi connectivity index (χ0n) is 23.1. The fourth-order valence-electron chi connectivity index (χ4n) is 3.85. The summed E-state index contributed by atoms with van der Waals surface area (Å²) in [6.45, 7) is 10.6. The van der Waals surface area contributed by atoms with E-state index in [4.69, 9.17) is 4.74 Å². The zero-order chi connectivity index (χ0) is 27.8. The topological polar surface area (TPSA) is 96.0 Å². The van der Waals surface area contributed by atoms with Crippen molar-refractivity contribution in [2.24, 2.45) is 5.92 Å². The van der Waals surface area contributed by atoms with Gasteiger partial charge in [-0.1, -0.05) is 32.0 Å². The summed E-state index contributed by atoms with van der Waals surface area (Å²) < 4.78 is 31.6. The van der Waals surface area contributed by atoms with Crippen LogP contribution in [-0.2, 0) is 26.2 Å². The first-order valence-electron chi connectivity index (χ1n) is 12.6. The largest absolute Gasteiger partial charge is 0.497 e. The number of carbonyl (C=O) groups excluding carboxylic acids is 2. The Morgan fingerprint density at radius 1 is 1.00 bits per heavy atom. The van der Waals surface area contributed by atoms with Crippen LogP contribution in [0.2, 0.25) is 0 Å². The Morgan fingerprint density at radius 2 is 1.65 bits per heavy atom. The van der Waals surface area contributed by atoms with E-state index in [1.54, 1.807) is 25.0 Å². The number of amides is 2. The molecule has 2 amide bonds. The average Bonchev–Trinajstić information content (AvgIpc) is 2.84. The molecule has 0 aliphatic heterocycles. The van der Waals surface area contributed by atoms with Gasteiger partial charge < -0.3 is 15.0 Å². The zero-order valence-corrected chi connectivity index (χ0v) is 23.9. The molecule has 204 valence electrons. The Balaban J connectivity index is 2.18. The van der Waals surface area contributed by atoms with Gasteiger partial charge in [-0.05, 0) is 74.1 Å². The number of carbonyl (C=O) groups is 2. The lowest BCUT2D eigenvalue weighted by atomic mass is 10.1. The van der Waals surface area contributed by atoms with Gasteiger partial charge in [0, 0.05) is 26.1 Å². The molecule has 0 spiro atoms. The number of hydrogen-bond donors (Lipinski definition) is 1. The van der Waals surface area contributed by atoms with Gasteiger partial charge in [0.2, 0.25) is 21.8 Å². The molecule has 8 nitrogen and oxygen atoms in total. The van der Waals surface area contributed by atoms with Gasteiger partial charge in [0.1, 0.15) is 11.8 Å². The molecule has 0 heterocycles. The molecule has 1 N–H and O–H groups in total. The molecule has 0 fully saturated rings. The van der Waals surface area contributed by atoms with E-state index in [9.17, 15) is 18.0 Å². The highest BCUT2D eigenvalue weighted by Gasteiger charge is 2.26. The molecule has 0 aliphatic rings. The molecule has 1 atom stereocenters. The first-order chi connectivity index (χ1) is 17.3. The number of rotatable bonds is 13. The van der Waals surface area contributed by atoms with Crippen LogP contribution in [0, 0.1) is 19.8 Å². The first-order valence-corrected chi connectivity index (χ1v) is 14.4. The van der Waals surface area contributed by atoms with Crippen molar-refractivity contribution in [2.45, 2.75) is 60.0 Å². The maximum Gasteiger partial charge on any atom is 0.242 e.